The fourth-order valence-corrected chi connectivity index (χ4v) is 4.35. The number of rotatable bonds is 5. The SMILES string of the molecule is CC1CCNCC1NS(=O)(=O)CCc1cccs1. The van der Waals surface area contributed by atoms with Gasteiger partial charge in [0.1, 0.15) is 0 Å². The summed E-state index contributed by atoms with van der Waals surface area (Å²) in [5.74, 6) is 0.583. The summed E-state index contributed by atoms with van der Waals surface area (Å²) >= 11 is 1.61. The minimum Gasteiger partial charge on any atom is -0.315 e. The Morgan fingerprint density at radius 1 is 1.56 bits per heavy atom. The fraction of sp³-hybridized carbons (Fsp3) is 0.667. The molecule has 1 aromatic heterocycles. The van der Waals surface area contributed by atoms with Crippen LogP contribution in [-0.2, 0) is 16.4 Å². The van der Waals surface area contributed by atoms with Gasteiger partial charge in [0, 0.05) is 17.5 Å². The Kier molecular flexibility index (Phi) is 4.77. The number of hydrogen-bond donors (Lipinski definition) is 2. The van der Waals surface area contributed by atoms with E-state index >= 15 is 0 Å². The highest BCUT2D eigenvalue weighted by molar-refractivity contribution is 7.89. The third kappa shape index (κ3) is 4.05. The lowest BCUT2D eigenvalue weighted by Crippen LogP contribution is -2.50. The van der Waals surface area contributed by atoms with Gasteiger partial charge in [0.2, 0.25) is 10.0 Å². The van der Waals surface area contributed by atoms with Crippen LogP contribution >= 0.6 is 11.3 Å². The molecule has 2 heterocycles. The number of thiophene rings is 1. The molecule has 0 aliphatic carbocycles. The first kappa shape index (κ1) is 14.0. The normalized spacial score (nSPS) is 25.2. The molecule has 2 atom stereocenters. The van der Waals surface area contributed by atoms with Gasteiger partial charge in [-0.05, 0) is 36.8 Å². The van der Waals surface area contributed by atoms with Gasteiger partial charge < -0.3 is 5.32 Å². The van der Waals surface area contributed by atoms with Gasteiger partial charge in [-0.1, -0.05) is 13.0 Å². The molecule has 4 nitrogen and oxygen atoms in total. The number of sulfonamides is 1. The number of piperidine rings is 1. The van der Waals surface area contributed by atoms with Crippen LogP contribution in [0, 0.1) is 5.92 Å². The fourth-order valence-electron chi connectivity index (χ4n) is 2.13. The first-order chi connectivity index (χ1) is 8.57. The van der Waals surface area contributed by atoms with Crippen LogP contribution in [0.15, 0.2) is 17.5 Å². The molecule has 6 heteroatoms. The molecule has 0 aromatic carbocycles. The third-order valence-electron chi connectivity index (χ3n) is 3.36. The van der Waals surface area contributed by atoms with Gasteiger partial charge in [-0.25, -0.2) is 13.1 Å². The van der Waals surface area contributed by atoms with Crippen molar-refractivity contribution in [3.05, 3.63) is 22.4 Å². The van der Waals surface area contributed by atoms with E-state index in [4.69, 9.17) is 0 Å². The van der Waals surface area contributed by atoms with Crippen LogP contribution in [0.4, 0.5) is 0 Å². The van der Waals surface area contributed by atoms with Crippen LogP contribution < -0.4 is 10.0 Å². The molecule has 2 unspecified atom stereocenters. The molecule has 2 rings (SSSR count). The molecule has 102 valence electrons. The van der Waals surface area contributed by atoms with E-state index in [-0.39, 0.29) is 11.8 Å². The van der Waals surface area contributed by atoms with Gasteiger partial charge in [0.25, 0.3) is 0 Å². The number of aryl methyl sites for hydroxylation is 1. The van der Waals surface area contributed by atoms with E-state index in [1.165, 1.54) is 0 Å². The molecule has 1 aromatic rings. The molecule has 1 aliphatic heterocycles. The van der Waals surface area contributed by atoms with E-state index in [2.05, 4.69) is 17.0 Å². The molecule has 0 bridgehead atoms. The van der Waals surface area contributed by atoms with E-state index in [1.54, 1.807) is 11.3 Å². The second kappa shape index (κ2) is 6.14. The summed E-state index contributed by atoms with van der Waals surface area (Å²) in [5, 5.41) is 5.21. The predicted molar refractivity (Wildman–Crippen MR) is 75.4 cm³/mol. The zero-order valence-corrected chi connectivity index (χ0v) is 12.2. The van der Waals surface area contributed by atoms with Gasteiger partial charge in [-0.15, -0.1) is 11.3 Å². The highest BCUT2D eigenvalue weighted by atomic mass is 32.2. The second-order valence-electron chi connectivity index (χ2n) is 4.84. The Labute approximate surface area is 113 Å². The van der Waals surface area contributed by atoms with Gasteiger partial charge in [0.05, 0.1) is 5.75 Å². The summed E-state index contributed by atoms with van der Waals surface area (Å²) in [6.07, 6.45) is 1.62. The lowest BCUT2D eigenvalue weighted by atomic mass is 9.96. The highest BCUT2D eigenvalue weighted by Crippen LogP contribution is 2.13. The van der Waals surface area contributed by atoms with Crippen molar-refractivity contribution in [1.29, 1.82) is 0 Å². The van der Waals surface area contributed by atoms with Crippen LogP contribution in [0.3, 0.4) is 0 Å². The lowest BCUT2D eigenvalue weighted by Gasteiger charge is -2.29. The molecule has 0 radical (unpaired) electrons. The molecular weight excluding hydrogens is 268 g/mol. The summed E-state index contributed by atoms with van der Waals surface area (Å²) in [6.45, 7) is 3.82. The maximum Gasteiger partial charge on any atom is 0.212 e. The quantitative estimate of drug-likeness (QED) is 0.856. The van der Waals surface area contributed by atoms with Crippen LogP contribution in [0.1, 0.15) is 18.2 Å². The smallest absolute Gasteiger partial charge is 0.212 e. The molecular formula is C12H20N2O2S2. The standard InChI is InChI=1S/C12H20N2O2S2/c1-10-4-6-13-9-12(10)14-18(15,16)8-5-11-3-2-7-17-11/h2-3,7,10,12-14H,4-6,8-9H2,1H3. The van der Waals surface area contributed by atoms with Crippen LogP contribution in [0.5, 0.6) is 0 Å². The molecule has 1 saturated heterocycles. The van der Waals surface area contributed by atoms with Gasteiger partial charge >= 0.3 is 0 Å². The first-order valence-electron chi connectivity index (χ1n) is 6.30. The van der Waals surface area contributed by atoms with E-state index < -0.39 is 10.0 Å². The number of nitrogens with one attached hydrogen (secondary N) is 2. The molecule has 1 fully saturated rings. The van der Waals surface area contributed by atoms with Crippen molar-refractivity contribution in [2.45, 2.75) is 25.8 Å². The summed E-state index contributed by atoms with van der Waals surface area (Å²) < 4.78 is 26.8. The van der Waals surface area contributed by atoms with Gasteiger partial charge in [-0.3, -0.25) is 0 Å². The van der Waals surface area contributed by atoms with Gasteiger partial charge in [0.15, 0.2) is 0 Å². The maximum absolute atomic E-state index is 12.0. The van der Waals surface area contributed by atoms with Crippen molar-refractivity contribution in [3.63, 3.8) is 0 Å². The van der Waals surface area contributed by atoms with E-state index in [9.17, 15) is 8.42 Å². The topological polar surface area (TPSA) is 58.2 Å². The summed E-state index contributed by atoms with van der Waals surface area (Å²) in [5.41, 5.74) is 0. The predicted octanol–water partition coefficient (Wildman–Crippen LogP) is 1.21. The van der Waals surface area contributed by atoms with Crippen molar-refractivity contribution in [3.8, 4) is 0 Å². The van der Waals surface area contributed by atoms with E-state index in [0.29, 0.717) is 12.3 Å². The highest BCUT2D eigenvalue weighted by Gasteiger charge is 2.25. The molecule has 2 N–H and O–H groups in total. The Morgan fingerprint density at radius 2 is 2.39 bits per heavy atom. The lowest BCUT2D eigenvalue weighted by molar-refractivity contribution is 0.327. The Morgan fingerprint density at radius 3 is 3.06 bits per heavy atom. The van der Waals surface area contributed by atoms with Crippen molar-refractivity contribution in [1.82, 2.24) is 10.0 Å². The summed E-state index contributed by atoms with van der Waals surface area (Å²) in [4.78, 5) is 1.12. The first-order valence-corrected chi connectivity index (χ1v) is 8.83. The molecule has 0 amide bonds. The molecule has 18 heavy (non-hydrogen) atoms. The zero-order chi connectivity index (χ0) is 13.0. The van der Waals surface area contributed by atoms with Crippen LogP contribution in [0.2, 0.25) is 0 Å². The molecule has 0 saturated carbocycles. The maximum atomic E-state index is 12.0. The summed E-state index contributed by atoms with van der Waals surface area (Å²) in [6, 6.07) is 3.96. The van der Waals surface area contributed by atoms with Crippen LogP contribution in [-0.4, -0.2) is 33.3 Å². The average Bonchev–Trinajstić information content (AvgIpc) is 2.83. The Balaban J connectivity index is 1.86. The molecule has 0 spiro atoms. The Bertz CT molecular complexity index is 456. The minimum absolute atomic E-state index is 0.0343. The monoisotopic (exact) mass is 288 g/mol. The minimum atomic E-state index is -3.17. The van der Waals surface area contributed by atoms with Crippen molar-refractivity contribution < 1.29 is 8.42 Å². The van der Waals surface area contributed by atoms with Crippen molar-refractivity contribution >= 4 is 21.4 Å². The van der Waals surface area contributed by atoms with Crippen molar-refractivity contribution in [2.24, 2.45) is 5.92 Å². The largest absolute Gasteiger partial charge is 0.315 e. The van der Waals surface area contributed by atoms with E-state index in [0.717, 1.165) is 24.4 Å². The Hall–Kier alpha value is -0.430. The second-order valence-corrected chi connectivity index (χ2v) is 7.75. The third-order valence-corrected chi connectivity index (χ3v) is 5.70. The summed E-state index contributed by atoms with van der Waals surface area (Å²) in [7, 11) is -3.17. The number of hydrogen-bond acceptors (Lipinski definition) is 4. The van der Waals surface area contributed by atoms with E-state index in [1.807, 2.05) is 17.5 Å². The van der Waals surface area contributed by atoms with Crippen LogP contribution in [0.25, 0.3) is 0 Å². The zero-order valence-electron chi connectivity index (χ0n) is 10.6. The van der Waals surface area contributed by atoms with Gasteiger partial charge in [-0.2, -0.15) is 0 Å². The average molecular weight is 288 g/mol. The molecule has 1 aliphatic rings. The van der Waals surface area contributed by atoms with Crippen molar-refractivity contribution in [2.75, 3.05) is 18.8 Å².